The van der Waals surface area contributed by atoms with Crippen molar-refractivity contribution in [3.05, 3.63) is 59.7 Å². The summed E-state index contributed by atoms with van der Waals surface area (Å²) in [7, 11) is 0. The number of unbranched alkanes of at least 4 members (excludes halogenated alkanes) is 1. The Labute approximate surface area is 165 Å². The molecule has 5 nitrogen and oxygen atoms in total. The summed E-state index contributed by atoms with van der Waals surface area (Å²) in [6, 6.07) is 15.4. The third-order valence-electron chi connectivity index (χ3n) is 5.40. The average Bonchev–Trinajstić information content (AvgIpc) is 3.03. The van der Waals surface area contributed by atoms with E-state index in [0.717, 1.165) is 35.1 Å². The van der Waals surface area contributed by atoms with Gasteiger partial charge in [-0.2, -0.15) is 0 Å². The Morgan fingerprint density at radius 2 is 1.61 bits per heavy atom. The fourth-order valence-electron chi connectivity index (χ4n) is 3.96. The van der Waals surface area contributed by atoms with Crippen LogP contribution in [-0.4, -0.2) is 41.3 Å². The molecule has 148 valence electrons. The molecule has 3 rings (SSSR count). The molecule has 0 aliphatic heterocycles. The highest BCUT2D eigenvalue weighted by Gasteiger charge is 2.32. The molecule has 0 heterocycles. The normalized spacial score (nSPS) is 13.5. The van der Waals surface area contributed by atoms with Crippen molar-refractivity contribution in [2.24, 2.45) is 0 Å². The van der Waals surface area contributed by atoms with Crippen molar-refractivity contribution >= 4 is 12.1 Å². The minimum atomic E-state index is -0.983. The summed E-state index contributed by atoms with van der Waals surface area (Å²) in [5.41, 5.74) is 4.61. The van der Waals surface area contributed by atoms with E-state index in [1.807, 2.05) is 31.2 Å². The maximum absolute atomic E-state index is 12.7. The molecule has 1 amide bonds. The Morgan fingerprint density at radius 3 is 2.11 bits per heavy atom. The smallest absolute Gasteiger partial charge is 0.410 e. The molecule has 0 aromatic heterocycles. The van der Waals surface area contributed by atoms with E-state index >= 15 is 0 Å². The van der Waals surface area contributed by atoms with E-state index in [-0.39, 0.29) is 12.5 Å². The number of nitrogens with zero attached hydrogens (tertiary/aromatic N) is 1. The van der Waals surface area contributed by atoms with Gasteiger partial charge in [0, 0.05) is 12.5 Å². The van der Waals surface area contributed by atoms with Crippen LogP contribution in [-0.2, 0) is 9.53 Å². The maximum Gasteiger partial charge on any atom is 0.410 e. The summed E-state index contributed by atoms with van der Waals surface area (Å²) in [6.45, 7) is 4.28. The molecule has 2 aromatic rings. The van der Waals surface area contributed by atoms with E-state index < -0.39 is 18.1 Å². The third kappa shape index (κ3) is 3.88. The summed E-state index contributed by atoms with van der Waals surface area (Å²) in [5, 5.41) is 9.54. The molecule has 28 heavy (non-hydrogen) atoms. The minimum absolute atomic E-state index is 0.0334. The van der Waals surface area contributed by atoms with Gasteiger partial charge in [0.05, 0.1) is 0 Å². The lowest BCUT2D eigenvalue weighted by molar-refractivity contribution is -0.143. The summed E-state index contributed by atoms with van der Waals surface area (Å²) in [6.07, 6.45) is 1.51. The van der Waals surface area contributed by atoms with E-state index in [2.05, 4.69) is 24.3 Å². The Bertz CT molecular complexity index is 803. The quantitative estimate of drug-likeness (QED) is 0.706. The number of amides is 1. The number of hydrogen-bond donors (Lipinski definition) is 1. The van der Waals surface area contributed by atoms with Crippen molar-refractivity contribution in [3.8, 4) is 11.1 Å². The molecule has 0 spiro atoms. The van der Waals surface area contributed by atoms with Gasteiger partial charge in [0.25, 0.3) is 0 Å². The van der Waals surface area contributed by atoms with Crippen molar-refractivity contribution in [1.29, 1.82) is 0 Å². The van der Waals surface area contributed by atoms with Crippen LogP contribution in [0.2, 0.25) is 0 Å². The first kappa shape index (κ1) is 19.9. The maximum atomic E-state index is 12.7. The lowest BCUT2D eigenvalue weighted by Gasteiger charge is -2.27. The molecule has 0 radical (unpaired) electrons. The van der Waals surface area contributed by atoms with E-state index in [4.69, 9.17) is 4.74 Å². The second-order valence-corrected chi connectivity index (χ2v) is 7.09. The van der Waals surface area contributed by atoms with Gasteiger partial charge < -0.3 is 9.84 Å². The molecular formula is C23H27NO4. The number of rotatable bonds is 8. The van der Waals surface area contributed by atoms with E-state index in [9.17, 15) is 14.7 Å². The Kier molecular flexibility index (Phi) is 6.34. The number of carbonyl (C=O) groups excluding carboxylic acids is 1. The number of fused-ring (bicyclic) bond motifs is 3. The highest BCUT2D eigenvalue weighted by molar-refractivity contribution is 5.81. The van der Waals surface area contributed by atoms with Gasteiger partial charge in [-0.3, -0.25) is 4.90 Å². The van der Waals surface area contributed by atoms with Gasteiger partial charge in [-0.25, -0.2) is 9.59 Å². The Balaban J connectivity index is 1.75. The zero-order valence-electron chi connectivity index (χ0n) is 16.4. The van der Waals surface area contributed by atoms with Crippen molar-refractivity contribution in [2.75, 3.05) is 13.2 Å². The van der Waals surface area contributed by atoms with Crippen LogP contribution >= 0.6 is 0 Å². The lowest BCUT2D eigenvalue weighted by atomic mass is 9.98. The fourth-order valence-corrected chi connectivity index (χ4v) is 3.96. The first-order chi connectivity index (χ1) is 13.6. The number of aliphatic carboxylic acids is 1. The average molecular weight is 381 g/mol. The third-order valence-corrected chi connectivity index (χ3v) is 5.40. The summed E-state index contributed by atoms with van der Waals surface area (Å²) >= 11 is 0. The van der Waals surface area contributed by atoms with Gasteiger partial charge >= 0.3 is 12.1 Å². The predicted octanol–water partition coefficient (Wildman–Crippen LogP) is 4.90. The highest BCUT2D eigenvalue weighted by Crippen LogP contribution is 2.44. The predicted molar refractivity (Wildman–Crippen MR) is 108 cm³/mol. The van der Waals surface area contributed by atoms with Crippen LogP contribution < -0.4 is 0 Å². The van der Waals surface area contributed by atoms with Crippen LogP contribution in [0.3, 0.4) is 0 Å². The first-order valence-corrected chi connectivity index (χ1v) is 9.92. The van der Waals surface area contributed by atoms with Crippen LogP contribution in [0.5, 0.6) is 0 Å². The molecule has 1 atom stereocenters. The number of carbonyl (C=O) groups is 2. The van der Waals surface area contributed by atoms with Gasteiger partial charge in [-0.05, 0) is 35.6 Å². The fraction of sp³-hybridized carbons (Fsp3) is 0.391. The lowest BCUT2D eigenvalue weighted by Crippen LogP contribution is -2.45. The van der Waals surface area contributed by atoms with Crippen LogP contribution in [0.1, 0.15) is 50.2 Å². The molecule has 0 bridgehead atoms. The SMILES string of the molecule is CCCC[C@@H](C(=O)O)N(CC)C(=O)OCC1c2ccccc2-c2ccccc21. The minimum Gasteiger partial charge on any atom is -0.480 e. The van der Waals surface area contributed by atoms with E-state index in [1.54, 1.807) is 6.92 Å². The zero-order valence-corrected chi connectivity index (χ0v) is 16.4. The highest BCUT2D eigenvalue weighted by atomic mass is 16.6. The van der Waals surface area contributed by atoms with Crippen LogP contribution in [0.15, 0.2) is 48.5 Å². The summed E-state index contributed by atoms with van der Waals surface area (Å²) < 4.78 is 5.63. The van der Waals surface area contributed by atoms with E-state index in [0.29, 0.717) is 13.0 Å². The Morgan fingerprint density at radius 1 is 1.04 bits per heavy atom. The zero-order chi connectivity index (χ0) is 20.1. The van der Waals surface area contributed by atoms with Crippen molar-refractivity contribution < 1.29 is 19.4 Å². The molecule has 0 fully saturated rings. The van der Waals surface area contributed by atoms with Gasteiger partial charge in [0.1, 0.15) is 12.6 Å². The van der Waals surface area contributed by atoms with Crippen molar-refractivity contribution in [2.45, 2.75) is 45.1 Å². The second kappa shape index (κ2) is 8.91. The van der Waals surface area contributed by atoms with Crippen molar-refractivity contribution in [3.63, 3.8) is 0 Å². The molecule has 1 N–H and O–H groups in total. The molecule has 1 aliphatic carbocycles. The number of benzene rings is 2. The standard InChI is InChI=1S/C23H27NO4/c1-3-5-14-21(22(25)26)24(4-2)23(27)28-15-20-18-12-8-6-10-16(18)17-11-7-9-13-19(17)20/h6-13,20-21H,3-5,14-15H2,1-2H3,(H,25,26)/t21-/m0/s1. The largest absolute Gasteiger partial charge is 0.480 e. The topological polar surface area (TPSA) is 66.8 Å². The van der Waals surface area contributed by atoms with Gasteiger partial charge in [-0.1, -0.05) is 68.3 Å². The first-order valence-electron chi connectivity index (χ1n) is 9.92. The van der Waals surface area contributed by atoms with Crippen LogP contribution in [0.4, 0.5) is 4.79 Å². The molecule has 1 aliphatic rings. The number of carboxylic acid groups (broad SMARTS) is 1. The molecule has 5 heteroatoms. The van der Waals surface area contributed by atoms with Gasteiger partial charge in [0.15, 0.2) is 0 Å². The van der Waals surface area contributed by atoms with Crippen LogP contribution in [0.25, 0.3) is 11.1 Å². The van der Waals surface area contributed by atoms with Gasteiger partial charge in [0.2, 0.25) is 0 Å². The molecule has 2 aromatic carbocycles. The number of hydrogen-bond acceptors (Lipinski definition) is 3. The number of ether oxygens (including phenoxy) is 1. The molecule has 0 saturated carbocycles. The van der Waals surface area contributed by atoms with E-state index in [1.165, 1.54) is 4.90 Å². The molecular weight excluding hydrogens is 354 g/mol. The number of carboxylic acids is 1. The van der Waals surface area contributed by atoms with Crippen LogP contribution in [0, 0.1) is 0 Å². The summed E-state index contributed by atoms with van der Waals surface area (Å²) in [5.74, 6) is -1.02. The van der Waals surface area contributed by atoms with Crippen molar-refractivity contribution in [1.82, 2.24) is 4.90 Å². The second-order valence-electron chi connectivity index (χ2n) is 7.09. The van der Waals surface area contributed by atoms with Gasteiger partial charge in [-0.15, -0.1) is 0 Å². The monoisotopic (exact) mass is 381 g/mol. The Hall–Kier alpha value is -2.82. The molecule has 0 unspecified atom stereocenters. The molecule has 0 saturated heterocycles. The summed E-state index contributed by atoms with van der Waals surface area (Å²) in [4.78, 5) is 25.7. The number of likely N-dealkylation sites (N-methyl/N-ethyl adjacent to an activating group) is 1.